The van der Waals surface area contributed by atoms with Gasteiger partial charge in [0.15, 0.2) is 0 Å². The molecule has 1 heteroatoms. The van der Waals surface area contributed by atoms with E-state index in [4.69, 9.17) is 0 Å². The van der Waals surface area contributed by atoms with E-state index in [1.807, 2.05) is 12.1 Å². The van der Waals surface area contributed by atoms with Gasteiger partial charge in [-0.15, -0.1) is 0 Å². The second-order valence-corrected chi connectivity index (χ2v) is 5.75. The van der Waals surface area contributed by atoms with Gasteiger partial charge in [0, 0.05) is 0 Å². The van der Waals surface area contributed by atoms with Crippen LogP contribution in [0.2, 0.25) is 0 Å². The summed E-state index contributed by atoms with van der Waals surface area (Å²) in [6, 6.07) is 11.5. The number of hydrogen-bond acceptors (Lipinski definition) is 0. The molecule has 0 N–H and O–H groups in total. The lowest BCUT2D eigenvalue weighted by atomic mass is 9.92. The molecule has 104 valence electrons. The molecule has 20 heavy (non-hydrogen) atoms. The fraction of sp³-hybridized carbons (Fsp3) is 0.368. The molecule has 0 nitrogen and oxygen atoms in total. The van der Waals surface area contributed by atoms with Crippen LogP contribution >= 0.6 is 0 Å². The molecule has 0 saturated carbocycles. The first kappa shape index (κ1) is 13.4. The molecule has 0 aliphatic heterocycles. The number of hydrogen-bond donors (Lipinski definition) is 0. The van der Waals surface area contributed by atoms with Gasteiger partial charge in [0.2, 0.25) is 0 Å². The number of fused-ring (bicyclic) bond motifs is 1. The number of aryl methyl sites for hydroxylation is 1. The average Bonchev–Trinajstić information content (AvgIpc) is 2.94. The zero-order valence-corrected chi connectivity index (χ0v) is 12.1. The lowest BCUT2D eigenvalue weighted by molar-refractivity contribution is 0.627. The topological polar surface area (TPSA) is 0 Å². The maximum atomic E-state index is 13.0. The Balaban J connectivity index is 1.91. The number of halogens is 1. The fourth-order valence-corrected chi connectivity index (χ4v) is 3.35. The highest BCUT2D eigenvalue weighted by molar-refractivity contribution is 5.46. The summed E-state index contributed by atoms with van der Waals surface area (Å²) in [5, 5.41) is 0. The molecule has 0 spiro atoms. The van der Waals surface area contributed by atoms with Crippen molar-refractivity contribution in [2.45, 2.75) is 45.4 Å². The SMILES string of the molecule is CCCc1ccc(Cc2ccc(F)cc2)c2c1CCC2. The van der Waals surface area contributed by atoms with Crippen molar-refractivity contribution in [3.63, 3.8) is 0 Å². The van der Waals surface area contributed by atoms with E-state index in [1.54, 1.807) is 28.8 Å². The second kappa shape index (κ2) is 5.78. The van der Waals surface area contributed by atoms with Gasteiger partial charge in [-0.1, -0.05) is 37.6 Å². The van der Waals surface area contributed by atoms with Crippen molar-refractivity contribution in [2.75, 3.05) is 0 Å². The van der Waals surface area contributed by atoms with Crippen LogP contribution in [0.5, 0.6) is 0 Å². The van der Waals surface area contributed by atoms with Gasteiger partial charge < -0.3 is 0 Å². The van der Waals surface area contributed by atoms with Crippen molar-refractivity contribution in [3.05, 3.63) is 70.0 Å². The van der Waals surface area contributed by atoms with Gasteiger partial charge in [-0.3, -0.25) is 0 Å². The van der Waals surface area contributed by atoms with Gasteiger partial charge in [-0.05, 0) is 72.1 Å². The molecule has 0 bridgehead atoms. The Labute approximate surface area is 120 Å². The van der Waals surface area contributed by atoms with Gasteiger partial charge in [-0.25, -0.2) is 4.39 Å². The molecular formula is C19H21F. The minimum absolute atomic E-state index is 0.155. The first-order valence-electron chi connectivity index (χ1n) is 7.65. The Morgan fingerprint density at radius 1 is 0.900 bits per heavy atom. The van der Waals surface area contributed by atoms with Crippen LogP contribution in [0.25, 0.3) is 0 Å². The highest BCUT2D eigenvalue weighted by atomic mass is 19.1. The molecule has 0 saturated heterocycles. The maximum Gasteiger partial charge on any atom is 0.123 e. The number of rotatable bonds is 4. The van der Waals surface area contributed by atoms with Crippen molar-refractivity contribution in [1.82, 2.24) is 0 Å². The van der Waals surface area contributed by atoms with E-state index in [-0.39, 0.29) is 5.82 Å². The van der Waals surface area contributed by atoms with Crippen molar-refractivity contribution in [2.24, 2.45) is 0 Å². The predicted octanol–water partition coefficient (Wildman–Crippen LogP) is 4.86. The van der Waals surface area contributed by atoms with Crippen LogP contribution in [0.3, 0.4) is 0 Å². The third-order valence-corrected chi connectivity index (χ3v) is 4.31. The van der Waals surface area contributed by atoms with Crippen molar-refractivity contribution >= 4 is 0 Å². The summed E-state index contributed by atoms with van der Waals surface area (Å²) in [5.74, 6) is -0.155. The molecule has 0 unspecified atom stereocenters. The van der Waals surface area contributed by atoms with Gasteiger partial charge >= 0.3 is 0 Å². The Morgan fingerprint density at radius 3 is 2.25 bits per heavy atom. The summed E-state index contributed by atoms with van der Waals surface area (Å²) in [4.78, 5) is 0. The minimum Gasteiger partial charge on any atom is -0.207 e. The quantitative estimate of drug-likeness (QED) is 0.743. The molecule has 2 aromatic rings. The second-order valence-electron chi connectivity index (χ2n) is 5.75. The van der Waals surface area contributed by atoms with Crippen molar-refractivity contribution in [3.8, 4) is 0 Å². The van der Waals surface area contributed by atoms with Crippen LogP contribution in [0.1, 0.15) is 47.6 Å². The Hall–Kier alpha value is -1.63. The van der Waals surface area contributed by atoms with Gasteiger partial charge in [0.25, 0.3) is 0 Å². The van der Waals surface area contributed by atoms with Crippen LogP contribution < -0.4 is 0 Å². The zero-order chi connectivity index (χ0) is 13.9. The average molecular weight is 268 g/mol. The van der Waals surface area contributed by atoms with Crippen LogP contribution in [0, 0.1) is 5.82 Å². The molecule has 2 aromatic carbocycles. The first-order valence-corrected chi connectivity index (χ1v) is 7.65. The van der Waals surface area contributed by atoms with Gasteiger partial charge in [0.1, 0.15) is 5.82 Å². The van der Waals surface area contributed by atoms with Crippen LogP contribution in [-0.4, -0.2) is 0 Å². The number of benzene rings is 2. The van der Waals surface area contributed by atoms with E-state index in [2.05, 4.69) is 19.1 Å². The van der Waals surface area contributed by atoms with Crippen LogP contribution in [-0.2, 0) is 25.7 Å². The molecule has 0 heterocycles. The summed E-state index contributed by atoms with van der Waals surface area (Å²) >= 11 is 0. The van der Waals surface area contributed by atoms with E-state index >= 15 is 0 Å². The molecule has 0 radical (unpaired) electrons. The first-order chi connectivity index (χ1) is 9.78. The highest BCUT2D eigenvalue weighted by Crippen LogP contribution is 2.30. The third-order valence-electron chi connectivity index (χ3n) is 4.31. The lowest BCUT2D eigenvalue weighted by Crippen LogP contribution is -1.99. The molecule has 3 rings (SSSR count). The minimum atomic E-state index is -0.155. The van der Waals surface area contributed by atoms with E-state index in [0.29, 0.717) is 0 Å². The molecule has 1 aliphatic rings. The van der Waals surface area contributed by atoms with E-state index in [9.17, 15) is 4.39 Å². The highest BCUT2D eigenvalue weighted by Gasteiger charge is 2.18. The molecule has 0 aromatic heterocycles. The third kappa shape index (κ3) is 2.63. The van der Waals surface area contributed by atoms with Crippen LogP contribution in [0.4, 0.5) is 4.39 Å². The van der Waals surface area contributed by atoms with Gasteiger partial charge in [-0.2, -0.15) is 0 Å². The summed E-state index contributed by atoms with van der Waals surface area (Å²) in [6.07, 6.45) is 7.07. The molecule has 0 atom stereocenters. The van der Waals surface area contributed by atoms with Crippen molar-refractivity contribution < 1.29 is 4.39 Å². The maximum absolute atomic E-state index is 13.0. The van der Waals surface area contributed by atoms with Crippen LogP contribution in [0.15, 0.2) is 36.4 Å². The van der Waals surface area contributed by atoms with E-state index < -0.39 is 0 Å². The largest absolute Gasteiger partial charge is 0.207 e. The summed E-state index contributed by atoms with van der Waals surface area (Å²) < 4.78 is 13.0. The molecule has 0 fully saturated rings. The Morgan fingerprint density at radius 2 is 1.55 bits per heavy atom. The normalized spacial score (nSPS) is 13.5. The molecule has 1 aliphatic carbocycles. The van der Waals surface area contributed by atoms with E-state index in [1.165, 1.54) is 43.2 Å². The summed E-state index contributed by atoms with van der Waals surface area (Å²) in [6.45, 7) is 2.24. The van der Waals surface area contributed by atoms with E-state index in [0.717, 1.165) is 6.42 Å². The smallest absolute Gasteiger partial charge is 0.123 e. The Kier molecular flexibility index (Phi) is 3.86. The summed E-state index contributed by atoms with van der Waals surface area (Å²) in [7, 11) is 0. The monoisotopic (exact) mass is 268 g/mol. The zero-order valence-electron chi connectivity index (χ0n) is 12.1. The standard InChI is InChI=1S/C19H21F/c1-2-4-15-9-10-16(19-6-3-5-18(15)19)13-14-7-11-17(20)12-8-14/h7-12H,2-6,13H2,1H3. The van der Waals surface area contributed by atoms with Gasteiger partial charge in [0.05, 0.1) is 0 Å². The van der Waals surface area contributed by atoms with Crippen molar-refractivity contribution in [1.29, 1.82) is 0 Å². The lowest BCUT2D eigenvalue weighted by Gasteiger charge is -2.13. The Bertz CT molecular complexity index is 596. The summed E-state index contributed by atoms with van der Waals surface area (Å²) in [5.41, 5.74) is 7.35. The predicted molar refractivity (Wildman–Crippen MR) is 81.7 cm³/mol. The fourth-order valence-electron chi connectivity index (χ4n) is 3.35. The molecular weight excluding hydrogens is 247 g/mol. The molecule has 0 amide bonds.